The normalized spacial score (nSPS) is 10.7. The van der Waals surface area contributed by atoms with Crippen LogP contribution in [0.15, 0.2) is 6.07 Å². The number of nitrogens with zero attached hydrogens (tertiary/aromatic N) is 1. The molecule has 0 aliphatic carbocycles. The maximum atomic E-state index is 12.1. The summed E-state index contributed by atoms with van der Waals surface area (Å²) in [6, 6.07) is 1.59. The van der Waals surface area contributed by atoms with Gasteiger partial charge in [0.2, 0.25) is 6.41 Å². The number of methoxy groups -OCH3 is 1. The molecule has 0 spiro atoms. The molecule has 0 aliphatic heterocycles. The lowest BCUT2D eigenvalue weighted by molar-refractivity contribution is -0.109. The van der Waals surface area contributed by atoms with Gasteiger partial charge in [-0.1, -0.05) is 0 Å². The number of amides is 2. The molecule has 1 N–H and O–H groups in total. The number of thiophene rings is 1. The fourth-order valence-electron chi connectivity index (χ4n) is 1.44. The molecule has 7 nitrogen and oxygen atoms in total. The predicted molar refractivity (Wildman–Crippen MR) is 78.3 cm³/mol. The second kappa shape index (κ2) is 6.57. The number of hydrazine groups is 1. The van der Waals surface area contributed by atoms with E-state index in [1.54, 1.807) is 33.8 Å². The lowest BCUT2D eigenvalue weighted by Gasteiger charge is -2.25. The van der Waals surface area contributed by atoms with Crippen LogP contribution in [-0.4, -0.2) is 31.2 Å². The van der Waals surface area contributed by atoms with Crippen LogP contribution < -0.4 is 10.4 Å². The minimum absolute atomic E-state index is 0.355. The Bertz CT molecular complexity index is 547. The van der Waals surface area contributed by atoms with Gasteiger partial charge < -0.3 is 9.47 Å². The molecule has 0 radical (unpaired) electrons. The first-order valence-electron chi connectivity index (χ1n) is 6.11. The average Bonchev–Trinajstić information content (AvgIpc) is 2.74. The zero-order valence-electron chi connectivity index (χ0n) is 12.6. The summed E-state index contributed by atoms with van der Waals surface area (Å²) in [5.74, 6) is -0.501. The molecule has 8 heteroatoms. The number of hydrogen-bond acceptors (Lipinski definition) is 6. The predicted octanol–water partition coefficient (Wildman–Crippen LogP) is 2.25. The van der Waals surface area contributed by atoms with E-state index in [0.717, 1.165) is 16.3 Å². The van der Waals surface area contributed by atoms with E-state index in [1.165, 1.54) is 7.11 Å². The van der Waals surface area contributed by atoms with E-state index in [9.17, 15) is 14.4 Å². The first kappa shape index (κ1) is 17.0. The molecule has 1 aromatic heterocycles. The molecule has 0 unspecified atom stereocenters. The van der Waals surface area contributed by atoms with E-state index >= 15 is 0 Å². The number of carbonyl (C=O) groups excluding carboxylic acids is 3. The molecule has 0 saturated carbocycles. The summed E-state index contributed by atoms with van der Waals surface area (Å²) in [4.78, 5) is 34.7. The van der Waals surface area contributed by atoms with Crippen molar-refractivity contribution in [3.63, 3.8) is 0 Å². The van der Waals surface area contributed by atoms with Crippen molar-refractivity contribution in [1.29, 1.82) is 0 Å². The van der Waals surface area contributed by atoms with Crippen LogP contribution >= 0.6 is 11.3 Å². The van der Waals surface area contributed by atoms with Crippen LogP contribution in [0.4, 0.5) is 9.80 Å². The van der Waals surface area contributed by atoms with E-state index in [4.69, 9.17) is 4.74 Å². The minimum Gasteiger partial charge on any atom is -0.465 e. The number of hydrogen-bond donors (Lipinski definition) is 1. The summed E-state index contributed by atoms with van der Waals surface area (Å²) in [6.45, 7) is 6.84. The SMILES string of the molecule is COC(=O)c1sc(N(NC=O)C(=O)OC(C)(C)C)cc1C. The topological polar surface area (TPSA) is 84.9 Å². The van der Waals surface area contributed by atoms with E-state index in [-0.39, 0.29) is 0 Å². The number of esters is 1. The summed E-state index contributed by atoms with van der Waals surface area (Å²) >= 11 is 1.02. The van der Waals surface area contributed by atoms with Crippen LogP contribution in [-0.2, 0) is 14.3 Å². The number of aryl methyl sites for hydroxylation is 1. The first-order valence-corrected chi connectivity index (χ1v) is 6.93. The number of rotatable bonds is 4. The highest BCUT2D eigenvalue weighted by atomic mass is 32.1. The number of nitrogens with one attached hydrogen (secondary N) is 1. The van der Waals surface area contributed by atoms with Gasteiger partial charge in [0.25, 0.3) is 0 Å². The Balaban J connectivity index is 3.09. The van der Waals surface area contributed by atoms with E-state index in [2.05, 4.69) is 10.2 Å². The fourth-order valence-corrected chi connectivity index (χ4v) is 2.49. The molecule has 21 heavy (non-hydrogen) atoms. The molecule has 0 saturated heterocycles. The summed E-state index contributed by atoms with van der Waals surface area (Å²) < 4.78 is 9.86. The third kappa shape index (κ3) is 4.45. The summed E-state index contributed by atoms with van der Waals surface area (Å²) in [7, 11) is 1.27. The molecule has 1 aromatic rings. The van der Waals surface area contributed by atoms with Gasteiger partial charge in [-0.3, -0.25) is 10.2 Å². The lowest BCUT2D eigenvalue weighted by atomic mass is 10.2. The lowest BCUT2D eigenvalue weighted by Crippen LogP contribution is -2.44. The maximum absolute atomic E-state index is 12.1. The van der Waals surface area contributed by atoms with Gasteiger partial charge in [-0.05, 0) is 39.3 Å². The molecule has 0 fully saturated rings. The third-order valence-corrected chi connectivity index (χ3v) is 3.46. The van der Waals surface area contributed by atoms with Gasteiger partial charge in [0, 0.05) is 0 Å². The summed E-state index contributed by atoms with van der Waals surface area (Å²) in [6.07, 6.45) is -0.385. The Kier molecular flexibility index (Phi) is 5.31. The largest absolute Gasteiger partial charge is 0.465 e. The Morgan fingerprint density at radius 3 is 2.48 bits per heavy atom. The zero-order chi connectivity index (χ0) is 16.2. The average molecular weight is 314 g/mol. The van der Waals surface area contributed by atoms with Gasteiger partial charge in [-0.25, -0.2) is 9.59 Å². The van der Waals surface area contributed by atoms with Crippen LogP contribution in [0, 0.1) is 6.92 Å². The van der Waals surface area contributed by atoms with Gasteiger partial charge in [-0.2, -0.15) is 5.01 Å². The van der Waals surface area contributed by atoms with Crippen molar-refractivity contribution in [2.75, 3.05) is 12.1 Å². The highest BCUT2D eigenvalue weighted by Gasteiger charge is 2.26. The van der Waals surface area contributed by atoms with Crippen molar-refractivity contribution in [2.45, 2.75) is 33.3 Å². The van der Waals surface area contributed by atoms with E-state index < -0.39 is 17.7 Å². The Morgan fingerprint density at radius 1 is 1.38 bits per heavy atom. The van der Waals surface area contributed by atoms with Crippen LogP contribution in [0.25, 0.3) is 0 Å². The molecular formula is C13H18N2O5S. The second-order valence-corrected chi connectivity index (χ2v) is 6.18. The van der Waals surface area contributed by atoms with Crippen LogP contribution in [0.3, 0.4) is 0 Å². The molecule has 2 amide bonds. The Hall–Kier alpha value is -2.09. The highest BCUT2D eigenvalue weighted by molar-refractivity contribution is 7.18. The molecule has 0 bridgehead atoms. The number of carbonyl (C=O) groups is 3. The second-order valence-electron chi connectivity index (χ2n) is 5.15. The first-order chi connectivity index (χ1) is 9.69. The quantitative estimate of drug-likeness (QED) is 0.523. The monoisotopic (exact) mass is 314 g/mol. The Labute approximate surface area is 126 Å². The standard InChI is InChI=1S/C13H18N2O5S/c1-8-6-9(21-10(8)11(17)19-5)15(14-7-16)12(18)20-13(2,3)4/h6-7H,1-5H3,(H,14,16). The Morgan fingerprint density at radius 2 is 2.00 bits per heavy atom. The van der Waals surface area contributed by atoms with Crippen LogP contribution in [0.1, 0.15) is 36.0 Å². The third-order valence-electron chi connectivity index (χ3n) is 2.25. The highest BCUT2D eigenvalue weighted by Crippen LogP contribution is 2.30. The van der Waals surface area contributed by atoms with Gasteiger partial charge >= 0.3 is 12.1 Å². The van der Waals surface area contributed by atoms with E-state index in [0.29, 0.717) is 21.9 Å². The van der Waals surface area contributed by atoms with Crippen molar-refractivity contribution >= 4 is 34.8 Å². The van der Waals surface area contributed by atoms with E-state index in [1.807, 2.05) is 0 Å². The van der Waals surface area contributed by atoms with Crippen molar-refractivity contribution in [1.82, 2.24) is 5.43 Å². The fraction of sp³-hybridized carbons (Fsp3) is 0.462. The van der Waals surface area contributed by atoms with Crippen molar-refractivity contribution in [2.24, 2.45) is 0 Å². The van der Waals surface area contributed by atoms with Crippen molar-refractivity contribution in [3.8, 4) is 0 Å². The van der Waals surface area contributed by atoms with Crippen molar-refractivity contribution in [3.05, 3.63) is 16.5 Å². The van der Waals surface area contributed by atoms with Gasteiger partial charge in [0.1, 0.15) is 15.5 Å². The van der Waals surface area contributed by atoms with Crippen molar-refractivity contribution < 1.29 is 23.9 Å². The molecule has 0 aromatic carbocycles. The molecule has 0 atom stereocenters. The summed E-state index contributed by atoms with van der Waals surface area (Å²) in [5.41, 5.74) is 2.19. The van der Waals surface area contributed by atoms with Gasteiger partial charge in [0.05, 0.1) is 7.11 Å². The number of ether oxygens (including phenoxy) is 2. The molecular weight excluding hydrogens is 296 g/mol. The smallest absolute Gasteiger partial charge is 0.434 e. The van der Waals surface area contributed by atoms with Crippen LogP contribution in [0.5, 0.6) is 0 Å². The maximum Gasteiger partial charge on any atom is 0.434 e. The number of anilines is 1. The minimum atomic E-state index is -0.743. The van der Waals surface area contributed by atoms with Crippen LogP contribution in [0.2, 0.25) is 0 Å². The molecule has 1 heterocycles. The summed E-state index contributed by atoms with van der Waals surface area (Å²) in [5, 5.41) is 1.30. The van der Waals surface area contributed by atoms with Gasteiger partial charge in [0.15, 0.2) is 0 Å². The zero-order valence-corrected chi connectivity index (χ0v) is 13.4. The molecule has 0 aliphatic rings. The van der Waals surface area contributed by atoms with Gasteiger partial charge in [-0.15, -0.1) is 11.3 Å². The molecule has 116 valence electrons. The molecule has 1 rings (SSSR count).